The maximum Gasteiger partial charge on any atom is 0.309 e. The fourth-order valence-electron chi connectivity index (χ4n) is 2.66. The molecule has 3 rings (SSSR count). The van der Waals surface area contributed by atoms with Gasteiger partial charge in [-0.2, -0.15) is 10.2 Å². The minimum Gasteiger partial charge on any atom is -0.306 e. The number of carbonyl (C=O) groups excluding carboxylic acids is 1. The van der Waals surface area contributed by atoms with E-state index >= 15 is 0 Å². The van der Waals surface area contributed by atoms with Gasteiger partial charge in [-0.15, -0.1) is 0 Å². The van der Waals surface area contributed by atoms with Crippen LogP contribution in [0.4, 0.5) is 15.9 Å². The summed E-state index contributed by atoms with van der Waals surface area (Å²) in [6.45, 7) is 3.51. The number of hydrogen-bond donors (Lipinski definition) is 1. The summed E-state index contributed by atoms with van der Waals surface area (Å²) in [7, 11) is 0. The molecule has 2 aromatic heterocycles. The first-order valence-electron chi connectivity index (χ1n) is 8.23. The lowest BCUT2D eigenvalue weighted by molar-refractivity contribution is -0.385. The molecule has 1 unspecified atom stereocenters. The van der Waals surface area contributed by atoms with E-state index in [0.717, 1.165) is 11.8 Å². The van der Waals surface area contributed by atoms with Gasteiger partial charge in [-0.05, 0) is 47.5 Å². The Kier molecular flexibility index (Phi) is 5.54. The zero-order chi connectivity index (χ0) is 20.4. The Morgan fingerprint density at radius 2 is 2.07 bits per heavy atom. The van der Waals surface area contributed by atoms with Crippen LogP contribution in [-0.4, -0.2) is 30.4 Å². The average Bonchev–Trinajstić information content (AvgIpc) is 3.19. The summed E-state index contributed by atoms with van der Waals surface area (Å²) >= 11 is 3.34. The molecule has 1 aromatic carbocycles. The monoisotopic (exact) mass is 450 g/mol. The minimum absolute atomic E-state index is 0.149. The number of anilines is 1. The second-order valence-corrected chi connectivity index (χ2v) is 6.99. The van der Waals surface area contributed by atoms with Crippen LogP contribution >= 0.6 is 15.9 Å². The van der Waals surface area contributed by atoms with E-state index in [1.54, 1.807) is 29.9 Å². The summed E-state index contributed by atoms with van der Waals surface area (Å²) in [5.74, 6) is -0.436. The molecule has 0 fully saturated rings. The van der Waals surface area contributed by atoms with Crippen LogP contribution in [0.5, 0.6) is 0 Å². The summed E-state index contributed by atoms with van der Waals surface area (Å²) in [5, 5.41) is 21.9. The van der Waals surface area contributed by atoms with Crippen molar-refractivity contribution in [3.63, 3.8) is 0 Å². The Labute approximate surface area is 167 Å². The van der Waals surface area contributed by atoms with Gasteiger partial charge < -0.3 is 5.32 Å². The van der Waals surface area contributed by atoms with Crippen LogP contribution in [-0.2, 0) is 11.3 Å². The summed E-state index contributed by atoms with van der Waals surface area (Å²) in [4.78, 5) is 23.0. The van der Waals surface area contributed by atoms with E-state index < -0.39 is 16.9 Å². The molecule has 9 nitrogen and oxygen atoms in total. The standard InChI is InChI=1S/C17H16BrFN6O3/c1-10-15(25(27)28)7-20-24(10)11(2)17(26)21-16-14(18)9-23(22-16)8-12-3-5-13(19)6-4-12/h3-7,9,11H,8H2,1-2H3,(H,21,22,26). The van der Waals surface area contributed by atoms with Crippen LogP contribution < -0.4 is 5.32 Å². The third-order valence-electron chi connectivity index (χ3n) is 4.18. The Hall–Kier alpha value is -3.08. The maximum atomic E-state index is 13.0. The topological polar surface area (TPSA) is 108 Å². The largest absolute Gasteiger partial charge is 0.309 e. The Morgan fingerprint density at radius 1 is 1.39 bits per heavy atom. The van der Waals surface area contributed by atoms with Gasteiger partial charge in [0.1, 0.15) is 23.7 Å². The second kappa shape index (κ2) is 7.89. The smallest absolute Gasteiger partial charge is 0.306 e. The van der Waals surface area contributed by atoms with Gasteiger partial charge in [0.25, 0.3) is 0 Å². The lowest BCUT2D eigenvalue weighted by Gasteiger charge is -2.13. The van der Waals surface area contributed by atoms with E-state index in [2.05, 4.69) is 31.4 Å². The number of nitro groups is 1. The normalized spacial score (nSPS) is 12.0. The van der Waals surface area contributed by atoms with Crippen molar-refractivity contribution in [2.75, 3.05) is 5.32 Å². The van der Waals surface area contributed by atoms with Crippen molar-refractivity contribution in [2.45, 2.75) is 26.4 Å². The molecule has 0 saturated carbocycles. The van der Waals surface area contributed by atoms with Gasteiger partial charge >= 0.3 is 5.69 Å². The fraction of sp³-hybridized carbons (Fsp3) is 0.235. The molecule has 28 heavy (non-hydrogen) atoms. The highest BCUT2D eigenvalue weighted by molar-refractivity contribution is 9.10. The van der Waals surface area contributed by atoms with E-state index in [4.69, 9.17) is 0 Å². The van der Waals surface area contributed by atoms with Crippen molar-refractivity contribution in [1.82, 2.24) is 19.6 Å². The third-order valence-corrected chi connectivity index (χ3v) is 4.76. The van der Waals surface area contributed by atoms with E-state index in [1.165, 1.54) is 23.7 Å². The summed E-state index contributed by atoms with van der Waals surface area (Å²) < 4.78 is 16.5. The molecule has 2 heterocycles. The zero-order valence-electron chi connectivity index (χ0n) is 15.0. The number of benzene rings is 1. The predicted molar refractivity (Wildman–Crippen MR) is 102 cm³/mol. The number of rotatable bonds is 6. The minimum atomic E-state index is -0.775. The van der Waals surface area contributed by atoms with Crippen molar-refractivity contribution < 1.29 is 14.1 Å². The highest BCUT2D eigenvalue weighted by Crippen LogP contribution is 2.24. The first-order valence-corrected chi connectivity index (χ1v) is 9.02. The molecule has 1 N–H and O–H groups in total. The van der Waals surface area contributed by atoms with Crippen LogP contribution in [0.15, 0.2) is 41.1 Å². The molecule has 146 valence electrons. The maximum absolute atomic E-state index is 13.0. The Morgan fingerprint density at radius 3 is 2.68 bits per heavy atom. The number of carbonyl (C=O) groups is 1. The van der Waals surface area contributed by atoms with Gasteiger partial charge in [-0.25, -0.2) is 4.39 Å². The number of nitrogens with one attached hydrogen (secondary N) is 1. The highest BCUT2D eigenvalue weighted by Gasteiger charge is 2.24. The average molecular weight is 451 g/mol. The number of aromatic nitrogens is 4. The first kappa shape index (κ1) is 19.7. The number of amides is 1. The zero-order valence-corrected chi connectivity index (χ0v) is 16.6. The Balaban J connectivity index is 1.72. The molecule has 0 saturated heterocycles. The predicted octanol–water partition coefficient (Wildman–Crippen LogP) is 3.45. The van der Waals surface area contributed by atoms with Crippen LogP contribution in [0.3, 0.4) is 0 Å². The number of halogens is 2. The van der Waals surface area contributed by atoms with Gasteiger partial charge in [0.15, 0.2) is 5.82 Å². The van der Waals surface area contributed by atoms with Gasteiger partial charge in [0, 0.05) is 6.20 Å². The molecule has 0 aliphatic heterocycles. The van der Waals surface area contributed by atoms with Crippen molar-refractivity contribution in [2.24, 2.45) is 0 Å². The van der Waals surface area contributed by atoms with Crippen LogP contribution in [0.2, 0.25) is 0 Å². The molecular formula is C17H16BrFN6O3. The van der Waals surface area contributed by atoms with Crippen molar-refractivity contribution in [1.29, 1.82) is 0 Å². The van der Waals surface area contributed by atoms with E-state index in [1.807, 2.05) is 0 Å². The molecule has 0 spiro atoms. The van der Waals surface area contributed by atoms with Crippen LogP contribution in [0.1, 0.15) is 24.2 Å². The van der Waals surface area contributed by atoms with Crippen molar-refractivity contribution in [3.05, 3.63) is 68.3 Å². The van der Waals surface area contributed by atoms with Crippen LogP contribution in [0.25, 0.3) is 0 Å². The molecule has 0 radical (unpaired) electrons. The fourth-order valence-corrected chi connectivity index (χ4v) is 3.07. The molecule has 0 bridgehead atoms. The molecule has 0 aliphatic rings. The Bertz CT molecular complexity index is 1030. The van der Waals surface area contributed by atoms with Gasteiger partial charge in [0.2, 0.25) is 5.91 Å². The first-order chi connectivity index (χ1) is 13.3. The molecule has 11 heteroatoms. The second-order valence-electron chi connectivity index (χ2n) is 6.13. The molecule has 1 atom stereocenters. The molecule has 1 amide bonds. The van der Waals surface area contributed by atoms with E-state index in [0.29, 0.717) is 16.8 Å². The number of hydrogen-bond acceptors (Lipinski definition) is 5. The van der Waals surface area contributed by atoms with Crippen molar-refractivity contribution >= 4 is 33.3 Å². The molecular weight excluding hydrogens is 435 g/mol. The van der Waals surface area contributed by atoms with Gasteiger partial charge in [-0.3, -0.25) is 24.3 Å². The van der Waals surface area contributed by atoms with E-state index in [-0.39, 0.29) is 17.2 Å². The molecule has 3 aromatic rings. The third kappa shape index (κ3) is 4.09. The summed E-state index contributed by atoms with van der Waals surface area (Å²) in [6.07, 6.45) is 2.81. The van der Waals surface area contributed by atoms with Gasteiger partial charge in [-0.1, -0.05) is 12.1 Å². The molecule has 0 aliphatic carbocycles. The number of nitrogens with zero attached hydrogens (tertiary/aromatic N) is 5. The summed E-state index contributed by atoms with van der Waals surface area (Å²) in [5.41, 5.74) is 0.986. The quantitative estimate of drug-likeness (QED) is 0.456. The lowest BCUT2D eigenvalue weighted by Crippen LogP contribution is -2.25. The van der Waals surface area contributed by atoms with Gasteiger partial charge in [0.05, 0.1) is 15.9 Å². The van der Waals surface area contributed by atoms with Crippen LogP contribution in [0, 0.1) is 22.9 Å². The SMILES string of the molecule is Cc1c([N+](=O)[O-])cnn1C(C)C(=O)Nc1nn(Cc2ccc(F)cc2)cc1Br. The summed E-state index contributed by atoms with van der Waals surface area (Å²) in [6, 6.07) is 5.26. The van der Waals surface area contributed by atoms with Crippen molar-refractivity contribution in [3.8, 4) is 0 Å². The lowest BCUT2D eigenvalue weighted by atomic mass is 10.2. The van der Waals surface area contributed by atoms with E-state index in [9.17, 15) is 19.3 Å². The highest BCUT2D eigenvalue weighted by atomic mass is 79.9.